The largest absolute Gasteiger partial charge is 0.497 e. The Morgan fingerprint density at radius 3 is 2.62 bits per heavy atom. The van der Waals surface area contributed by atoms with Crippen molar-refractivity contribution in [1.29, 1.82) is 0 Å². The molecule has 3 aliphatic rings. The van der Waals surface area contributed by atoms with Gasteiger partial charge in [-0.1, -0.05) is 17.3 Å². The summed E-state index contributed by atoms with van der Waals surface area (Å²) in [5.74, 6) is 3.54. The number of fused-ring (bicyclic) bond motifs is 2. The number of amides is 1. The number of ether oxygens (including phenoxy) is 1. The molecule has 4 atom stereocenters. The minimum Gasteiger partial charge on any atom is -0.497 e. The number of hydrogen-bond donors (Lipinski definition) is 0. The normalized spacial score (nSPS) is 29.1. The number of aromatic nitrogens is 2. The van der Waals surface area contributed by atoms with Crippen LogP contribution in [0.3, 0.4) is 0 Å². The third-order valence-corrected chi connectivity index (χ3v) is 7.60. The van der Waals surface area contributed by atoms with E-state index < -0.39 is 0 Å². The minimum atomic E-state index is -0.147. The van der Waals surface area contributed by atoms with Crippen molar-refractivity contribution in [2.24, 2.45) is 17.8 Å². The predicted octanol–water partition coefficient (Wildman–Crippen LogP) is 3.77. The lowest BCUT2D eigenvalue weighted by molar-refractivity contribution is -0.136. The molecule has 1 heterocycles. The number of hydrogen-bond acceptors (Lipinski definition) is 5. The van der Waals surface area contributed by atoms with Crippen molar-refractivity contribution in [3.63, 3.8) is 0 Å². The number of carbonyl (C=O) groups is 1. The van der Waals surface area contributed by atoms with Crippen molar-refractivity contribution in [2.75, 3.05) is 20.7 Å². The molecule has 0 saturated heterocycles. The maximum Gasteiger partial charge on any atom is 0.230 e. The first-order valence-corrected chi connectivity index (χ1v) is 10.8. The molecule has 1 aromatic heterocycles. The van der Waals surface area contributed by atoms with Gasteiger partial charge in [-0.05, 0) is 68.6 Å². The van der Waals surface area contributed by atoms with Crippen LogP contribution in [-0.4, -0.2) is 41.6 Å². The molecule has 3 fully saturated rings. The zero-order valence-corrected chi connectivity index (χ0v) is 17.4. The molecule has 154 valence electrons. The lowest BCUT2D eigenvalue weighted by atomic mass is 9.78. The molecular weight excluding hydrogens is 366 g/mol. The molecule has 6 nitrogen and oxygen atoms in total. The van der Waals surface area contributed by atoms with E-state index in [0.29, 0.717) is 17.7 Å². The van der Waals surface area contributed by atoms with Crippen molar-refractivity contribution in [1.82, 2.24) is 15.0 Å². The van der Waals surface area contributed by atoms with E-state index in [1.807, 2.05) is 31.0 Å². The highest BCUT2D eigenvalue weighted by atomic mass is 16.5. The third kappa shape index (κ3) is 2.87. The number of methoxy groups -OCH3 is 1. The van der Waals surface area contributed by atoms with E-state index in [9.17, 15) is 4.79 Å². The highest BCUT2D eigenvalue weighted by Crippen LogP contribution is 2.58. The van der Waals surface area contributed by atoms with Gasteiger partial charge in [-0.15, -0.1) is 0 Å². The Hall–Kier alpha value is -2.37. The Balaban J connectivity index is 1.44. The summed E-state index contributed by atoms with van der Waals surface area (Å²) in [4.78, 5) is 19.8. The van der Waals surface area contributed by atoms with Gasteiger partial charge in [-0.25, -0.2) is 0 Å². The molecule has 3 saturated carbocycles. The van der Waals surface area contributed by atoms with Gasteiger partial charge in [0.1, 0.15) is 5.75 Å². The average molecular weight is 396 g/mol. The first-order valence-electron chi connectivity index (χ1n) is 10.8. The molecule has 29 heavy (non-hydrogen) atoms. The molecule has 3 aliphatic carbocycles. The van der Waals surface area contributed by atoms with Gasteiger partial charge < -0.3 is 14.2 Å². The van der Waals surface area contributed by atoms with Crippen LogP contribution in [0.2, 0.25) is 0 Å². The Labute approximate surface area is 171 Å². The molecule has 0 aliphatic heterocycles. The summed E-state index contributed by atoms with van der Waals surface area (Å²) in [6.07, 6.45) is 5.47. The highest BCUT2D eigenvalue weighted by Gasteiger charge is 2.55. The lowest BCUT2D eigenvalue weighted by Crippen LogP contribution is -2.38. The standard InChI is InChI=1S/C23H29N3O3/c1-4-26(2)21(27)19-15-6-5-14(13-15)18(19)20-24-22(25-29-20)23(11-12-23)16-7-9-17(28-3)10-8-16/h7-10,14-15,18-19H,4-6,11-13H2,1-3H3/t14-,15+,18+,19+/m1/s1. The average Bonchev–Trinajstić information content (AvgIpc) is 3.12. The van der Waals surface area contributed by atoms with Gasteiger partial charge in [0.2, 0.25) is 11.8 Å². The van der Waals surface area contributed by atoms with Gasteiger partial charge in [0.05, 0.1) is 24.4 Å². The third-order valence-electron chi connectivity index (χ3n) is 7.60. The highest BCUT2D eigenvalue weighted by molar-refractivity contribution is 5.80. The van der Waals surface area contributed by atoms with Gasteiger partial charge in [0, 0.05) is 13.6 Å². The molecule has 0 unspecified atom stereocenters. The van der Waals surface area contributed by atoms with Crippen molar-refractivity contribution in [3.8, 4) is 5.75 Å². The SMILES string of the molecule is CCN(C)C(=O)[C@H]1[C@H]2CC[C@H](C2)[C@@H]1c1nc(C2(c3ccc(OC)cc3)CC2)no1. The molecule has 2 aromatic rings. The van der Waals surface area contributed by atoms with E-state index in [4.69, 9.17) is 14.2 Å². The summed E-state index contributed by atoms with van der Waals surface area (Å²) < 4.78 is 11.1. The number of benzene rings is 1. The zero-order valence-electron chi connectivity index (χ0n) is 17.4. The summed E-state index contributed by atoms with van der Waals surface area (Å²) in [6.45, 7) is 2.76. The van der Waals surface area contributed by atoms with Gasteiger partial charge in [-0.2, -0.15) is 4.98 Å². The quantitative estimate of drug-likeness (QED) is 0.745. The summed E-state index contributed by atoms with van der Waals surface area (Å²) in [7, 11) is 3.57. The van der Waals surface area contributed by atoms with Crippen molar-refractivity contribution in [3.05, 3.63) is 41.5 Å². The Morgan fingerprint density at radius 1 is 1.24 bits per heavy atom. The van der Waals surface area contributed by atoms with Crippen LogP contribution < -0.4 is 4.74 Å². The van der Waals surface area contributed by atoms with E-state index in [2.05, 4.69) is 17.3 Å². The van der Waals surface area contributed by atoms with E-state index in [0.717, 1.165) is 50.2 Å². The van der Waals surface area contributed by atoms with Crippen LogP contribution >= 0.6 is 0 Å². The van der Waals surface area contributed by atoms with Gasteiger partial charge in [0.15, 0.2) is 5.82 Å². The van der Waals surface area contributed by atoms with Gasteiger partial charge in [-0.3, -0.25) is 4.79 Å². The molecule has 0 radical (unpaired) electrons. The number of carbonyl (C=O) groups excluding carboxylic acids is 1. The predicted molar refractivity (Wildman–Crippen MR) is 108 cm³/mol. The number of rotatable bonds is 6. The monoisotopic (exact) mass is 395 g/mol. The second kappa shape index (κ2) is 6.85. The first-order chi connectivity index (χ1) is 14.1. The van der Waals surface area contributed by atoms with Crippen molar-refractivity contribution in [2.45, 2.75) is 50.4 Å². The Kier molecular flexibility index (Phi) is 4.41. The Morgan fingerprint density at radius 2 is 1.97 bits per heavy atom. The van der Waals surface area contributed by atoms with Gasteiger partial charge in [0.25, 0.3) is 0 Å². The van der Waals surface area contributed by atoms with Crippen LogP contribution in [0.25, 0.3) is 0 Å². The summed E-state index contributed by atoms with van der Waals surface area (Å²) in [5.41, 5.74) is 1.06. The smallest absolute Gasteiger partial charge is 0.230 e. The van der Waals surface area contributed by atoms with E-state index in [-0.39, 0.29) is 23.2 Å². The molecule has 0 N–H and O–H groups in total. The van der Waals surface area contributed by atoms with Crippen LogP contribution in [0.1, 0.15) is 62.2 Å². The fourth-order valence-electron chi connectivity index (χ4n) is 5.65. The van der Waals surface area contributed by atoms with Crippen LogP contribution in [-0.2, 0) is 10.2 Å². The van der Waals surface area contributed by atoms with E-state index in [1.54, 1.807) is 7.11 Å². The zero-order chi connectivity index (χ0) is 20.2. The van der Waals surface area contributed by atoms with Crippen LogP contribution in [0, 0.1) is 17.8 Å². The van der Waals surface area contributed by atoms with E-state index in [1.165, 1.54) is 5.56 Å². The molecule has 5 rings (SSSR count). The summed E-state index contributed by atoms with van der Waals surface area (Å²) in [6, 6.07) is 8.17. The molecule has 6 heteroatoms. The van der Waals surface area contributed by atoms with Crippen LogP contribution in [0.15, 0.2) is 28.8 Å². The Bertz CT molecular complexity index is 902. The second-order valence-corrected chi connectivity index (χ2v) is 9.00. The van der Waals surface area contributed by atoms with Gasteiger partial charge >= 0.3 is 0 Å². The molecule has 2 bridgehead atoms. The van der Waals surface area contributed by atoms with Crippen LogP contribution in [0.5, 0.6) is 5.75 Å². The summed E-state index contributed by atoms with van der Waals surface area (Å²) in [5, 5.41) is 4.41. The molecular formula is C23H29N3O3. The fourth-order valence-corrected chi connectivity index (χ4v) is 5.65. The number of nitrogens with zero attached hydrogens (tertiary/aromatic N) is 3. The molecule has 0 spiro atoms. The topological polar surface area (TPSA) is 68.5 Å². The molecule has 1 aromatic carbocycles. The molecule has 1 amide bonds. The maximum atomic E-state index is 13.1. The lowest BCUT2D eigenvalue weighted by Gasteiger charge is -2.30. The first kappa shape index (κ1) is 18.6. The maximum absolute atomic E-state index is 13.1. The van der Waals surface area contributed by atoms with Crippen LogP contribution in [0.4, 0.5) is 0 Å². The summed E-state index contributed by atoms with van der Waals surface area (Å²) >= 11 is 0. The van der Waals surface area contributed by atoms with Crippen molar-refractivity contribution >= 4 is 5.91 Å². The fraction of sp³-hybridized carbons (Fsp3) is 0.609. The minimum absolute atomic E-state index is 0.0110. The van der Waals surface area contributed by atoms with Crippen molar-refractivity contribution < 1.29 is 14.1 Å². The second-order valence-electron chi connectivity index (χ2n) is 9.00. The van der Waals surface area contributed by atoms with E-state index >= 15 is 0 Å².